The van der Waals surface area contributed by atoms with Crippen molar-refractivity contribution in [3.05, 3.63) is 23.5 Å². The van der Waals surface area contributed by atoms with E-state index in [9.17, 15) is 39.0 Å². The standard InChI is InChI=1S/C32H50N4O9S2/c1-31(2)15-19(31)25(37)34-22(11-7-5-9-13-46-17-21(33)28(40)41)27(39)36-24(30(44)45)18-47-14-10-6-8-12-23(29(42)43)35-26(38)20-16-32(20,3)4/h11-12,19-21,24H,5-10,13-18,33H2,1-4H3,(H,34,37)(H,35,38)(H,36,39)(H,40,41)(H,42,43)(H,44,45)/b22-11-,23-12-/t19-,20-,21+,24+/m1/s1. The van der Waals surface area contributed by atoms with Crippen molar-refractivity contribution in [3.63, 3.8) is 0 Å². The molecule has 0 bridgehead atoms. The van der Waals surface area contributed by atoms with Crippen molar-refractivity contribution in [3.8, 4) is 0 Å². The van der Waals surface area contributed by atoms with Crippen molar-refractivity contribution in [1.82, 2.24) is 16.0 Å². The van der Waals surface area contributed by atoms with Gasteiger partial charge >= 0.3 is 17.9 Å². The third-order valence-corrected chi connectivity index (χ3v) is 10.7. The number of hydrogen-bond donors (Lipinski definition) is 7. The van der Waals surface area contributed by atoms with Crippen LogP contribution in [-0.4, -0.2) is 86.0 Å². The van der Waals surface area contributed by atoms with E-state index in [2.05, 4.69) is 16.0 Å². The smallest absolute Gasteiger partial charge is 0.352 e. The zero-order valence-corrected chi connectivity index (χ0v) is 29.3. The van der Waals surface area contributed by atoms with Gasteiger partial charge in [-0.15, -0.1) is 0 Å². The molecule has 264 valence electrons. The van der Waals surface area contributed by atoms with Gasteiger partial charge in [-0.2, -0.15) is 23.5 Å². The summed E-state index contributed by atoms with van der Waals surface area (Å²) in [5.74, 6) is -3.50. The second-order valence-corrected chi connectivity index (χ2v) is 15.8. The summed E-state index contributed by atoms with van der Waals surface area (Å²) in [6.07, 6.45) is 8.07. The summed E-state index contributed by atoms with van der Waals surface area (Å²) in [4.78, 5) is 72.4. The SMILES string of the molecule is CC1(C)C[C@@H]1C(=O)N/C(=C\CCCCSC[C@H](NC(=O)/C(=C/CCCCSC[C@H](N)C(=O)O)NC(=O)[C@H]1CC1(C)C)C(=O)O)C(=O)O. The van der Waals surface area contributed by atoms with E-state index < -0.39 is 35.9 Å². The van der Waals surface area contributed by atoms with E-state index >= 15 is 0 Å². The van der Waals surface area contributed by atoms with Crippen molar-refractivity contribution in [2.45, 2.75) is 91.1 Å². The van der Waals surface area contributed by atoms with Crippen LogP contribution in [0.5, 0.6) is 0 Å². The Balaban J connectivity index is 1.82. The summed E-state index contributed by atoms with van der Waals surface area (Å²) >= 11 is 2.76. The van der Waals surface area contributed by atoms with Gasteiger partial charge in [0.15, 0.2) is 0 Å². The van der Waals surface area contributed by atoms with E-state index in [0.717, 1.165) is 12.8 Å². The van der Waals surface area contributed by atoms with Gasteiger partial charge in [-0.3, -0.25) is 19.2 Å². The van der Waals surface area contributed by atoms with Crippen molar-refractivity contribution in [1.29, 1.82) is 0 Å². The van der Waals surface area contributed by atoms with Gasteiger partial charge in [0.2, 0.25) is 11.8 Å². The minimum atomic E-state index is -1.21. The van der Waals surface area contributed by atoms with Crippen LogP contribution in [0.3, 0.4) is 0 Å². The quantitative estimate of drug-likeness (QED) is 0.0604. The van der Waals surface area contributed by atoms with Crippen molar-refractivity contribution >= 4 is 59.2 Å². The number of hydrogen-bond acceptors (Lipinski definition) is 9. The Morgan fingerprint density at radius 3 is 1.62 bits per heavy atom. The lowest BCUT2D eigenvalue weighted by molar-refractivity contribution is -0.140. The molecule has 0 unspecified atom stereocenters. The number of nitrogens with two attached hydrogens (primary N) is 1. The fourth-order valence-corrected chi connectivity index (χ4v) is 6.75. The highest BCUT2D eigenvalue weighted by molar-refractivity contribution is 7.99. The highest BCUT2D eigenvalue weighted by atomic mass is 32.2. The number of allylic oxidation sites excluding steroid dienone is 2. The van der Waals surface area contributed by atoms with Gasteiger partial charge in [0.05, 0.1) is 0 Å². The first-order valence-corrected chi connectivity index (χ1v) is 18.2. The molecule has 2 aliphatic rings. The predicted octanol–water partition coefficient (Wildman–Crippen LogP) is 2.95. The van der Waals surface area contributed by atoms with Gasteiger partial charge in [0, 0.05) is 23.3 Å². The summed E-state index contributed by atoms with van der Waals surface area (Å²) in [5.41, 5.74) is 5.10. The molecule has 2 saturated carbocycles. The van der Waals surface area contributed by atoms with Crippen LogP contribution in [0, 0.1) is 22.7 Å². The van der Waals surface area contributed by atoms with Crippen LogP contribution in [0.15, 0.2) is 23.5 Å². The molecule has 2 rings (SSSR count). The minimum absolute atomic E-state index is 0.00728. The summed E-state index contributed by atoms with van der Waals surface area (Å²) in [7, 11) is 0. The number of carbonyl (C=O) groups is 6. The Labute approximate surface area is 284 Å². The molecule has 0 aromatic heterocycles. The topological polar surface area (TPSA) is 225 Å². The number of thioether (sulfide) groups is 2. The lowest BCUT2D eigenvalue weighted by Crippen LogP contribution is -2.46. The number of amides is 3. The summed E-state index contributed by atoms with van der Waals surface area (Å²) < 4.78 is 0. The molecule has 0 heterocycles. The van der Waals surface area contributed by atoms with Crippen molar-refractivity contribution in [2.24, 2.45) is 28.4 Å². The molecule has 0 radical (unpaired) electrons. The Bertz CT molecular complexity index is 1230. The van der Waals surface area contributed by atoms with Crippen molar-refractivity contribution in [2.75, 3.05) is 23.0 Å². The van der Waals surface area contributed by atoms with E-state index in [4.69, 9.17) is 10.8 Å². The van der Waals surface area contributed by atoms with Crippen molar-refractivity contribution < 1.29 is 44.1 Å². The maximum atomic E-state index is 13.1. The predicted molar refractivity (Wildman–Crippen MR) is 181 cm³/mol. The number of carboxylic acids is 3. The highest BCUT2D eigenvalue weighted by Gasteiger charge is 2.51. The molecule has 8 N–H and O–H groups in total. The molecule has 0 aromatic rings. The molecule has 0 aliphatic heterocycles. The number of nitrogens with one attached hydrogen (secondary N) is 3. The monoisotopic (exact) mass is 698 g/mol. The third-order valence-electron chi connectivity index (χ3n) is 8.34. The van der Waals surface area contributed by atoms with Gasteiger partial charge in [0.1, 0.15) is 23.5 Å². The zero-order valence-electron chi connectivity index (χ0n) is 27.6. The maximum absolute atomic E-state index is 13.1. The van der Waals surface area contributed by atoms with E-state index in [0.29, 0.717) is 55.8 Å². The Morgan fingerprint density at radius 2 is 1.19 bits per heavy atom. The zero-order chi connectivity index (χ0) is 35.4. The lowest BCUT2D eigenvalue weighted by Gasteiger charge is -2.17. The van der Waals surface area contributed by atoms with Crippen LogP contribution < -0.4 is 21.7 Å². The van der Waals surface area contributed by atoms with Crippen LogP contribution in [0.2, 0.25) is 0 Å². The summed E-state index contributed by atoms with van der Waals surface area (Å²) in [6.45, 7) is 7.83. The Kier molecular flexibility index (Phi) is 15.8. The number of carboxylic acid groups (broad SMARTS) is 3. The fourth-order valence-electron chi connectivity index (χ4n) is 4.74. The van der Waals surface area contributed by atoms with E-state index in [1.54, 1.807) is 6.08 Å². The largest absolute Gasteiger partial charge is 0.480 e. The first-order valence-electron chi connectivity index (χ1n) is 15.9. The summed E-state index contributed by atoms with van der Waals surface area (Å²) in [5, 5.41) is 35.7. The molecule has 0 spiro atoms. The van der Waals surface area contributed by atoms with Crippen LogP contribution in [-0.2, 0) is 28.8 Å². The van der Waals surface area contributed by atoms with E-state index in [1.807, 2.05) is 27.7 Å². The molecule has 0 saturated heterocycles. The van der Waals surface area contributed by atoms with Gasteiger partial charge < -0.3 is 37.0 Å². The number of unbranched alkanes of at least 4 members (excludes halogenated alkanes) is 4. The highest BCUT2D eigenvalue weighted by Crippen LogP contribution is 2.52. The molecule has 13 nitrogen and oxygen atoms in total. The lowest BCUT2D eigenvalue weighted by atomic mass is 10.1. The van der Waals surface area contributed by atoms with Crippen LogP contribution in [0.1, 0.15) is 79.1 Å². The van der Waals surface area contributed by atoms with E-state index in [-0.39, 0.29) is 51.6 Å². The number of carbonyl (C=O) groups excluding carboxylic acids is 3. The second kappa shape index (κ2) is 18.5. The van der Waals surface area contributed by atoms with Gasteiger partial charge in [-0.25, -0.2) is 9.59 Å². The van der Waals surface area contributed by atoms with Crippen LogP contribution >= 0.6 is 23.5 Å². The molecule has 47 heavy (non-hydrogen) atoms. The Morgan fingerprint density at radius 1 is 0.745 bits per heavy atom. The number of rotatable bonds is 23. The fraction of sp³-hybridized carbons (Fsp3) is 0.688. The second-order valence-electron chi connectivity index (χ2n) is 13.5. The maximum Gasteiger partial charge on any atom is 0.352 e. The molecule has 2 aliphatic carbocycles. The molecular formula is C32H50N4O9S2. The minimum Gasteiger partial charge on any atom is -0.480 e. The Hall–Kier alpha value is -3.04. The summed E-state index contributed by atoms with van der Waals surface area (Å²) in [6, 6.07) is -2.12. The van der Waals surface area contributed by atoms with Gasteiger partial charge in [0.25, 0.3) is 5.91 Å². The van der Waals surface area contributed by atoms with Crippen LogP contribution in [0.25, 0.3) is 0 Å². The van der Waals surface area contributed by atoms with E-state index in [1.165, 1.54) is 29.6 Å². The first kappa shape index (κ1) is 40.1. The number of aliphatic carboxylic acids is 3. The molecule has 0 aromatic carbocycles. The van der Waals surface area contributed by atoms with Gasteiger partial charge in [-0.05, 0) is 73.7 Å². The molecule has 4 atom stereocenters. The average molecular weight is 699 g/mol. The molecule has 3 amide bonds. The molecule has 15 heteroatoms. The average Bonchev–Trinajstić information content (AvgIpc) is 3.84. The van der Waals surface area contributed by atoms with Gasteiger partial charge in [-0.1, -0.05) is 39.8 Å². The third kappa shape index (κ3) is 14.3. The molecular weight excluding hydrogens is 649 g/mol. The van der Waals surface area contributed by atoms with Crippen LogP contribution in [0.4, 0.5) is 0 Å². The molecule has 2 fully saturated rings. The first-order chi connectivity index (χ1) is 22.0. The normalized spacial score (nSPS) is 20.8.